The molecule has 3 rings (SSSR count). The second-order valence-corrected chi connectivity index (χ2v) is 9.24. The summed E-state index contributed by atoms with van der Waals surface area (Å²) >= 11 is 0. The van der Waals surface area contributed by atoms with E-state index >= 15 is 8.78 Å². The predicted octanol–water partition coefficient (Wildman–Crippen LogP) is 4.76. The molecule has 1 saturated heterocycles. The van der Waals surface area contributed by atoms with E-state index in [4.69, 9.17) is 13.9 Å². The Hall–Kier alpha value is -3.17. The van der Waals surface area contributed by atoms with Gasteiger partial charge >= 0.3 is 18.0 Å². The first-order valence-corrected chi connectivity index (χ1v) is 11.2. The van der Waals surface area contributed by atoms with E-state index in [9.17, 15) is 14.4 Å². The fourth-order valence-electron chi connectivity index (χ4n) is 3.86. The highest BCUT2D eigenvalue weighted by Crippen LogP contribution is 2.36. The number of anilines is 1. The molecule has 1 aromatic heterocycles. The van der Waals surface area contributed by atoms with Crippen LogP contribution in [-0.2, 0) is 25.5 Å². The summed E-state index contributed by atoms with van der Waals surface area (Å²) in [4.78, 5) is 37.9. The zero-order valence-electron chi connectivity index (χ0n) is 19.8. The average molecular weight is 481 g/mol. The van der Waals surface area contributed by atoms with Crippen molar-refractivity contribution in [3.05, 3.63) is 30.0 Å². The third kappa shape index (κ3) is 5.84. The van der Waals surface area contributed by atoms with Crippen molar-refractivity contribution in [3.63, 3.8) is 0 Å². The van der Waals surface area contributed by atoms with Gasteiger partial charge in [-0.05, 0) is 46.6 Å². The number of halogens is 2. The summed E-state index contributed by atoms with van der Waals surface area (Å²) in [5, 5.41) is 2.80. The van der Waals surface area contributed by atoms with Crippen molar-refractivity contribution in [1.82, 2.24) is 4.90 Å². The zero-order valence-corrected chi connectivity index (χ0v) is 19.8. The first kappa shape index (κ1) is 25.5. The number of esters is 1. The van der Waals surface area contributed by atoms with Crippen LogP contribution in [0.1, 0.15) is 46.1 Å². The van der Waals surface area contributed by atoms with E-state index in [-0.39, 0.29) is 50.2 Å². The number of furan rings is 1. The monoisotopic (exact) mass is 480 g/mol. The van der Waals surface area contributed by atoms with Crippen LogP contribution in [-0.4, -0.2) is 54.1 Å². The largest absolute Gasteiger partial charge is 0.466 e. The first-order valence-electron chi connectivity index (χ1n) is 11.2. The number of hydrogen-bond donors (Lipinski definition) is 1. The number of likely N-dealkylation sites (tertiary alicyclic amines) is 1. The van der Waals surface area contributed by atoms with Crippen molar-refractivity contribution in [1.29, 1.82) is 0 Å². The van der Waals surface area contributed by atoms with Crippen molar-refractivity contribution >= 4 is 34.6 Å². The second-order valence-electron chi connectivity index (χ2n) is 9.24. The third-order valence-corrected chi connectivity index (χ3v) is 5.53. The molecular weight excluding hydrogens is 450 g/mol. The molecule has 0 bridgehead atoms. The van der Waals surface area contributed by atoms with Crippen LogP contribution in [0, 0.1) is 5.92 Å². The molecule has 1 N–H and O–H groups in total. The Morgan fingerprint density at radius 2 is 1.85 bits per heavy atom. The second kappa shape index (κ2) is 9.99. The van der Waals surface area contributed by atoms with Gasteiger partial charge in [0.05, 0.1) is 25.0 Å². The Morgan fingerprint density at radius 1 is 1.18 bits per heavy atom. The molecule has 10 heteroatoms. The van der Waals surface area contributed by atoms with Crippen LogP contribution in [0.25, 0.3) is 11.0 Å². The van der Waals surface area contributed by atoms with Crippen molar-refractivity contribution in [2.75, 3.05) is 25.0 Å². The number of hydrogen-bond acceptors (Lipinski definition) is 6. The quantitative estimate of drug-likeness (QED) is 0.599. The van der Waals surface area contributed by atoms with Crippen LogP contribution in [0.2, 0.25) is 0 Å². The number of fused-ring (bicyclic) bond motifs is 1. The molecule has 8 nitrogen and oxygen atoms in total. The van der Waals surface area contributed by atoms with Crippen LogP contribution >= 0.6 is 0 Å². The highest BCUT2D eigenvalue weighted by atomic mass is 19.3. The molecule has 0 spiro atoms. The van der Waals surface area contributed by atoms with Gasteiger partial charge in [0.2, 0.25) is 0 Å². The molecule has 186 valence electrons. The highest BCUT2D eigenvalue weighted by molar-refractivity contribution is 6.03. The summed E-state index contributed by atoms with van der Waals surface area (Å²) in [6, 6.07) is 4.71. The third-order valence-electron chi connectivity index (χ3n) is 5.53. The van der Waals surface area contributed by atoms with Gasteiger partial charge in [-0.3, -0.25) is 9.59 Å². The maximum absolute atomic E-state index is 15.0. The molecule has 2 amide bonds. The van der Waals surface area contributed by atoms with Crippen molar-refractivity contribution in [2.45, 2.75) is 58.5 Å². The van der Waals surface area contributed by atoms with E-state index in [0.29, 0.717) is 10.9 Å². The number of benzene rings is 1. The summed E-state index contributed by atoms with van der Waals surface area (Å²) in [6.07, 6.45) is 0.691. The summed E-state index contributed by atoms with van der Waals surface area (Å²) in [5.74, 6) is -6.76. The number of ether oxygens (including phenoxy) is 2. The summed E-state index contributed by atoms with van der Waals surface area (Å²) in [6.45, 7) is 7.28. The van der Waals surface area contributed by atoms with Crippen molar-refractivity contribution in [3.8, 4) is 0 Å². The van der Waals surface area contributed by atoms with Crippen LogP contribution in [0.5, 0.6) is 0 Å². The molecule has 1 aliphatic rings. The predicted molar refractivity (Wildman–Crippen MR) is 121 cm³/mol. The molecular formula is C24H30F2N2O6. The van der Waals surface area contributed by atoms with E-state index in [1.165, 1.54) is 17.2 Å². The summed E-state index contributed by atoms with van der Waals surface area (Å²) < 4.78 is 45.7. The molecule has 0 unspecified atom stereocenters. The minimum Gasteiger partial charge on any atom is -0.466 e. The Morgan fingerprint density at radius 3 is 2.47 bits per heavy atom. The molecule has 1 aliphatic heterocycles. The van der Waals surface area contributed by atoms with Gasteiger partial charge < -0.3 is 24.1 Å². The SMILES string of the molecule is CCOC(=O)Cc1coc2c(NC(=O)C(F)(F)C3CCN(C(=O)OC(C)(C)C)CC3)cccc12. The molecule has 0 saturated carbocycles. The average Bonchev–Trinajstić information content (AvgIpc) is 3.16. The van der Waals surface area contributed by atoms with E-state index < -0.39 is 35.4 Å². The smallest absolute Gasteiger partial charge is 0.410 e. The van der Waals surface area contributed by atoms with Gasteiger partial charge in [-0.1, -0.05) is 12.1 Å². The van der Waals surface area contributed by atoms with Crippen LogP contribution in [0.15, 0.2) is 28.9 Å². The Bertz CT molecular complexity index is 1050. The fourth-order valence-corrected chi connectivity index (χ4v) is 3.86. The summed E-state index contributed by atoms with van der Waals surface area (Å²) in [5.41, 5.74) is 0.140. The number of amides is 2. The lowest BCUT2D eigenvalue weighted by molar-refractivity contribution is -0.150. The Balaban J connectivity index is 1.66. The molecule has 2 aromatic rings. The minimum absolute atomic E-state index is 0.0334. The zero-order chi connectivity index (χ0) is 25.1. The number of carbonyl (C=O) groups excluding carboxylic acids is 3. The number of carbonyl (C=O) groups is 3. The lowest BCUT2D eigenvalue weighted by Crippen LogP contribution is -2.49. The molecule has 0 aliphatic carbocycles. The number of alkyl halides is 2. The lowest BCUT2D eigenvalue weighted by atomic mass is 9.90. The van der Waals surface area contributed by atoms with Gasteiger partial charge in [-0.25, -0.2) is 4.79 Å². The lowest BCUT2D eigenvalue weighted by Gasteiger charge is -2.35. The van der Waals surface area contributed by atoms with Crippen LogP contribution in [0.4, 0.5) is 19.3 Å². The standard InChI is InChI=1S/C24H30F2N2O6/c1-5-32-19(29)13-15-14-33-20-17(15)7-6-8-18(20)27-21(30)24(25,26)16-9-11-28(12-10-16)22(31)34-23(2,3)4/h6-8,14,16H,5,9-13H2,1-4H3,(H,27,30). The number of piperidine rings is 1. The van der Waals surface area contributed by atoms with E-state index in [0.717, 1.165) is 0 Å². The van der Waals surface area contributed by atoms with Gasteiger partial charge in [-0.15, -0.1) is 0 Å². The Labute approximate surface area is 196 Å². The van der Waals surface area contributed by atoms with Gasteiger partial charge in [0.1, 0.15) is 5.60 Å². The Kier molecular flexibility index (Phi) is 7.48. The normalized spacial score (nSPS) is 15.3. The molecule has 0 atom stereocenters. The van der Waals surface area contributed by atoms with Crippen LogP contribution in [0.3, 0.4) is 0 Å². The number of para-hydroxylation sites is 1. The maximum Gasteiger partial charge on any atom is 0.410 e. The van der Waals surface area contributed by atoms with E-state index in [2.05, 4.69) is 5.32 Å². The molecule has 1 aromatic carbocycles. The molecule has 2 heterocycles. The number of nitrogens with one attached hydrogen (secondary N) is 1. The van der Waals surface area contributed by atoms with Gasteiger partial charge in [0.15, 0.2) is 5.58 Å². The molecule has 1 fully saturated rings. The van der Waals surface area contributed by atoms with Crippen molar-refractivity contribution < 1.29 is 37.1 Å². The van der Waals surface area contributed by atoms with Crippen LogP contribution < -0.4 is 5.32 Å². The van der Waals surface area contributed by atoms with Gasteiger partial charge in [0.25, 0.3) is 5.91 Å². The fraction of sp³-hybridized carbons (Fsp3) is 0.542. The minimum atomic E-state index is -3.65. The van der Waals surface area contributed by atoms with E-state index in [1.54, 1.807) is 39.8 Å². The summed E-state index contributed by atoms with van der Waals surface area (Å²) in [7, 11) is 0. The topological polar surface area (TPSA) is 98.1 Å². The van der Waals surface area contributed by atoms with E-state index in [1.807, 2.05) is 0 Å². The van der Waals surface area contributed by atoms with Crippen molar-refractivity contribution in [2.24, 2.45) is 5.92 Å². The maximum atomic E-state index is 15.0. The molecule has 34 heavy (non-hydrogen) atoms. The number of rotatable bonds is 6. The number of nitrogens with zero attached hydrogens (tertiary/aromatic N) is 1. The van der Waals surface area contributed by atoms with Gasteiger partial charge in [-0.2, -0.15) is 8.78 Å². The molecule has 0 radical (unpaired) electrons. The van der Waals surface area contributed by atoms with Gasteiger partial charge in [0, 0.05) is 30.0 Å². The highest BCUT2D eigenvalue weighted by Gasteiger charge is 2.48. The first-order chi connectivity index (χ1) is 15.9.